The molecule has 122 valence electrons. The fraction of sp³-hybridized carbons (Fsp3) is 0.556. The summed E-state index contributed by atoms with van der Waals surface area (Å²) in [6.07, 6.45) is 9.30. The van der Waals surface area contributed by atoms with Gasteiger partial charge in [0.05, 0.1) is 17.5 Å². The molecule has 1 N–H and O–H groups in total. The zero-order valence-electron chi connectivity index (χ0n) is 13.4. The van der Waals surface area contributed by atoms with Crippen LogP contribution in [0.2, 0.25) is 0 Å². The van der Waals surface area contributed by atoms with E-state index in [-0.39, 0.29) is 5.91 Å². The molecular formula is C18H23N3OS. The Morgan fingerprint density at radius 2 is 2.35 bits per heavy atom. The first-order valence-electron chi connectivity index (χ1n) is 8.55. The first kappa shape index (κ1) is 15.1. The summed E-state index contributed by atoms with van der Waals surface area (Å²) in [4.78, 5) is 16.7. The molecule has 2 bridgehead atoms. The quantitative estimate of drug-likeness (QED) is 0.856. The molecule has 4 nitrogen and oxygen atoms in total. The molecule has 2 aromatic heterocycles. The van der Waals surface area contributed by atoms with Gasteiger partial charge in [-0.05, 0) is 56.1 Å². The van der Waals surface area contributed by atoms with Gasteiger partial charge in [0.2, 0.25) is 5.91 Å². The van der Waals surface area contributed by atoms with Gasteiger partial charge in [-0.25, -0.2) is 4.98 Å². The number of fused-ring (bicyclic) bond motifs is 3. The number of amides is 1. The average molecular weight is 329 g/mol. The smallest absolute Gasteiger partial charge is 0.230 e. The molecule has 1 amide bonds. The van der Waals surface area contributed by atoms with Crippen LogP contribution < -0.4 is 5.32 Å². The number of pyridine rings is 1. The van der Waals surface area contributed by atoms with E-state index in [0.717, 1.165) is 22.5 Å². The maximum atomic E-state index is 12.3. The number of nitrogens with one attached hydrogen (secondary N) is 1. The van der Waals surface area contributed by atoms with Crippen LogP contribution in [0, 0.1) is 17.8 Å². The van der Waals surface area contributed by atoms with Gasteiger partial charge in [-0.15, -0.1) is 0 Å². The summed E-state index contributed by atoms with van der Waals surface area (Å²) in [6, 6.07) is 6.30. The van der Waals surface area contributed by atoms with E-state index in [1.54, 1.807) is 0 Å². The topological polar surface area (TPSA) is 46.4 Å². The average Bonchev–Trinajstić information content (AvgIpc) is 3.28. The second-order valence-electron chi connectivity index (χ2n) is 7.02. The van der Waals surface area contributed by atoms with Crippen LogP contribution in [0.5, 0.6) is 0 Å². The third-order valence-electron chi connectivity index (χ3n) is 5.56. The lowest BCUT2D eigenvalue weighted by atomic mass is 9.84. The van der Waals surface area contributed by atoms with E-state index >= 15 is 0 Å². The maximum absolute atomic E-state index is 12.3. The molecular weight excluding hydrogens is 306 g/mol. The van der Waals surface area contributed by atoms with Crippen LogP contribution in [-0.4, -0.2) is 27.1 Å². The molecule has 0 unspecified atom stereocenters. The van der Waals surface area contributed by atoms with Crippen molar-refractivity contribution in [3.05, 3.63) is 30.6 Å². The van der Waals surface area contributed by atoms with Crippen molar-refractivity contribution in [1.82, 2.24) is 14.7 Å². The molecule has 4 atom stereocenters. The molecule has 4 rings (SSSR count). The highest BCUT2D eigenvalue weighted by Gasteiger charge is 2.42. The van der Waals surface area contributed by atoms with Gasteiger partial charge < -0.3 is 5.32 Å². The number of imidazole rings is 1. The number of carbonyl (C=O) groups is 1. The second-order valence-corrected chi connectivity index (χ2v) is 7.96. The highest BCUT2D eigenvalue weighted by atomic mass is 32.2. The maximum Gasteiger partial charge on any atom is 0.230 e. The van der Waals surface area contributed by atoms with Crippen molar-refractivity contribution in [3.63, 3.8) is 0 Å². The van der Waals surface area contributed by atoms with E-state index in [2.05, 4.69) is 17.2 Å². The summed E-state index contributed by atoms with van der Waals surface area (Å²) in [5, 5.41) is 4.10. The van der Waals surface area contributed by atoms with E-state index in [1.165, 1.54) is 37.4 Å². The predicted octanol–water partition coefficient (Wildman–Crippen LogP) is 3.37. The van der Waals surface area contributed by atoms with E-state index < -0.39 is 0 Å². The fourth-order valence-corrected chi connectivity index (χ4v) is 5.24. The molecule has 23 heavy (non-hydrogen) atoms. The normalized spacial score (nSPS) is 27.4. The van der Waals surface area contributed by atoms with Gasteiger partial charge in [-0.3, -0.25) is 9.20 Å². The Bertz CT molecular complexity index is 713. The minimum absolute atomic E-state index is 0.123. The monoisotopic (exact) mass is 329 g/mol. The zero-order valence-corrected chi connectivity index (χ0v) is 14.3. The highest BCUT2D eigenvalue weighted by molar-refractivity contribution is 7.99. The van der Waals surface area contributed by atoms with Crippen molar-refractivity contribution in [2.75, 3.05) is 5.75 Å². The largest absolute Gasteiger partial charge is 0.353 e. The molecule has 2 aliphatic rings. The van der Waals surface area contributed by atoms with Crippen LogP contribution in [-0.2, 0) is 4.79 Å². The Balaban J connectivity index is 1.32. The molecule has 0 spiro atoms. The molecule has 2 aromatic rings. The van der Waals surface area contributed by atoms with Gasteiger partial charge in [0, 0.05) is 12.2 Å². The van der Waals surface area contributed by atoms with Crippen LogP contribution in [0.1, 0.15) is 32.6 Å². The van der Waals surface area contributed by atoms with Crippen molar-refractivity contribution < 1.29 is 4.79 Å². The molecule has 0 saturated heterocycles. The number of hydrogen-bond donors (Lipinski definition) is 1. The minimum atomic E-state index is 0.123. The van der Waals surface area contributed by atoms with Gasteiger partial charge in [0.25, 0.3) is 0 Å². The Labute approximate surface area is 141 Å². The van der Waals surface area contributed by atoms with Crippen molar-refractivity contribution in [2.24, 2.45) is 17.8 Å². The van der Waals surface area contributed by atoms with Crippen LogP contribution in [0.4, 0.5) is 0 Å². The predicted molar refractivity (Wildman–Crippen MR) is 92.5 cm³/mol. The number of nitrogens with zero attached hydrogens (tertiary/aromatic N) is 2. The van der Waals surface area contributed by atoms with E-state index in [4.69, 9.17) is 0 Å². The zero-order chi connectivity index (χ0) is 15.8. The fourth-order valence-electron chi connectivity index (χ4n) is 4.47. The Hall–Kier alpha value is -1.49. The SMILES string of the molecule is C[C@H](NC(=O)CSc1ncc2ccccn12)[C@H]1C[C@H]2CC[C@H]1C2. The second kappa shape index (κ2) is 6.19. The Morgan fingerprint density at radius 3 is 3.13 bits per heavy atom. The van der Waals surface area contributed by atoms with Crippen molar-refractivity contribution >= 4 is 23.2 Å². The van der Waals surface area contributed by atoms with Gasteiger partial charge in [0.1, 0.15) is 0 Å². The van der Waals surface area contributed by atoms with Crippen LogP contribution in [0.15, 0.2) is 35.7 Å². The summed E-state index contributed by atoms with van der Waals surface area (Å²) in [7, 11) is 0. The third-order valence-corrected chi connectivity index (χ3v) is 6.53. The summed E-state index contributed by atoms with van der Waals surface area (Å²) in [5.74, 6) is 3.02. The van der Waals surface area contributed by atoms with Crippen LogP contribution >= 0.6 is 11.8 Å². The molecule has 2 saturated carbocycles. The summed E-state index contributed by atoms with van der Waals surface area (Å²) in [5.41, 5.74) is 1.06. The first-order chi connectivity index (χ1) is 11.2. The first-order valence-corrected chi connectivity index (χ1v) is 9.53. The Morgan fingerprint density at radius 1 is 1.43 bits per heavy atom. The minimum Gasteiger partial charge on any atom is -0.353 e. The highest BCUT2D eigenvalue weighted by Crippen LogP contribution is 2.49. The lowest BCUT2D eigenvalue weighted by Crippen LogP contribution is -2.40. The Kier molecular flexibility index (Phi) is 4.05. The molecule has 0 radical (unpaired) electrons. The van der Waals surface area contributed by atoms with Crippen molar-refractivity contribution in [1.29, 1.82) is 0 Å². The standard InChI is InChI=1S/C18H23N3OS/c1-12(16-9-13-5-6-14(16)8-13)20-17(22)11-23-18-19-10-15-4-2-3-7-21(15)18/h2-4,7,10,12-14,16H,5-6,8-9,11H2,1H3,(H,20,22)/t12-,13-,14-,16+/m0/s1. The molecule has 5 heteroatoms. The summed E-state index contributed by atoms with van der Waals surface area (Å²) >= 11 is 1.50. The van der Waals surface area contributed by atoms with Crippen LogP contribution in [0.3, 0.4) is 0 Å². The molecule has 2 aliphatic carbocycles. The van der Waals surface area contributed by atoms with Crippen molar-refractivity contribution in [2.45, 2.75) is 43.8 Å². The van der Waals surface area contributed by atoms with Crippen LogP contribution in [0.25, 0.3) is 5.52 Å². The van der Waals surface area contributed by atoms with Gasteiger partial charge >= 0.3 is 0 Å². The molecule has 0 aromatic carbocycles. The van der Waals surface area contributed by atoms with Gasteiger partial charge in [-0.1, -0.05) is 24.2 Å². The van der Waals surface area contributed by atoms with Crippen molar-refractivity contribution in [3.8, 4) is 0 Å². The van der Waals surface area contributed by atoms with E-state index in [1.807, 2.05) is 35.0 Å². The number of thioether (sulfide) groups is 1. The summed E-state index contributed by atoms with van der Waals surface area (Å²) < 4.78 is 2.03. The number of carbonyl (C=O) groups excluding carboxylic acids is 1. The van der Waals surface area contributed by atoms with Gasteiger partial charge in [-0.2, -0.15) is 0 Å². The van der Waals surface area contributed by atoms with E-state index in [0.29, 0.717) is 17.7 Å². The number of aromatic nitrogens is 2. The summed E-state index contributed by atoms with van der Waals surface area (Å²) in [6.45, 7) is 2.18. The van der Waals surface area contributed by atoms with E-state index in [9.17, 15) is 4.79 Å². The lowest BCUT2D eigenvalue weighted by molar-refractivity contribution is -0.119. The lowest BCUT2D eigenvalue weighted by Gasteiger charge is -2.28. The molecule has 0 aliphatic heterocycles. The molecule has 2 heterocycles. The number of rotatable bonds is 5. The third kappa shape index (κ3) is 2.99. The molecule has 2 fully saturated rings. The van der Waals surface area contributed by atoms with Gasteiger partial charge in [0.15, 0.2) is 5.16 Å². The number of hydrogen-bond acceptors (Lipinski definition) is 3.